The Kier molecular flexibility index (Phi) is 3.23. The van der Waals surface area contributed by atoms with E-state index in [0.29, 0.717) is 6.54 Å². The first-order valence-electron chi connectivity index (χ1n) is 6.14. The van der Waals surface area contributed by atoms with Gasteiger partial charge in [-0.2, -0.15) is 0 Å². The molecule has 0 radical (unpaired) electrons. The van der Waals surface area contributed by atoms with Gasteiger partial charge in [-0.3, -0.25) is 4.98 Å². The summed E-state index contributed by atoms with van der Waals surface area (Å²) in [6.07, 6.45) is 7.29. The van der Waals surface area contributed by atoms with Crippen LogP contribution in [0.25, 0.3) is 5.69 Å². The fraction of sp³-hybridized carbons (Fsp3) is 0.0667. The summed E-state index contributed by atoms with van der Waals surface area (Å²) < 4.78 is 1.98. The third kappa shape index (κ3) is 2.80. The maximum atomic E-state index is 4.29. The zero-order valence-corrected chi connectivity index (χ0v) is 10.4. The molecule has 4 nitrogen and oxygen atoms in total. The molecule has 3 rings (SSSR count). The van der Waals surface area contributed by atoms with Gasteiger partial charge in [0.25, 0.3) is 0 Å². The highest BCUT2D eigenvalue weighted by Gasteiger charge is 1.98. The van der Waals surface area contributed by atoms with Crippen LogP contribution in [-0.2, 0) is 6.54 Å². The molecular formula is C15H14N4. The predicted octanol–water partition coefficient (Wildman–Crippen LogP) is 2.88. The lowest BCUT2D eigenvalue weighted by atomic mass is 10.2. The molecule has 4 heteroatoms. The highest BCUT2D eigenvalue weighted by molar-refractivity contribution is 5.51. The monoisotopic (exact) mass is 250 g/mol. The minimum Gasteiger partial charge on any atom is -0.379 e. The number of aromatic nitrogens is 3. The molecule has 1 aromatic carbocycles. The van der Waals surface area contributed by atoms with E-state index in [4.69, 9.17) is 0 Å². The van der Waals surface area contributed by atoms with E-state index in [9.17, 15) is 0 Å². The van der Waals surface area contributed by atoms with E-state index in [1.54, 1.807) is 18.7 Å². The predicted molar refractivity (Wildman–Crippen MR) is 75.1 cm³/mol. The number of nitrogens with zero attached hydrogens (tertiary/aromatic N) is 3. The van der Waals surface area contributed by atoms with E-state index in [-0.39, 0.29) is 0 Å². The summed E-state index contributed by atoms with van der Waals surface area (Å²) in [7, 11) is 0. The maximum Gasteiger partial charge on any atom is 0.0991 e. The van der Waals surface area contributed by atoms with E-state index in [2.05, 4.69) is 21.4 Å². The lowest BCUT2D eigenvalue weighted by Crippen LogP contribution is -2.01. The minimum atomic E-state index is 0.716. The molecule has 1 N–H and O–H groups in total. The Bertz CT molecular complexity index is 632. The van der Waals surface area contributed by atoms with Crippen LogP contribution in [0.5, 0.6) is 0 Å². The molecule has 94 valence electrons. The molecule has 19 heavy (non-hydrogen) atoms. The van der Waals surface area contributed by atoms with Gasteiger partial charge in [-0.05, 0) is 30.3 Å². The second kappa shape index (κ2) is 5.35. The fourth-order valence-electron chi connectivity index (χ4n) is 1.88. The Morgan fingerprint density at radius 1 is 1.05 bits per heavy atom. The topological polar surface area (TPSA) is 42.7 Å². The van der Waals surface area contributed by atoms with Gasteiger partial charge in [0, 0.05) is 30.0 Å². The van der Waals surface area contributed by atoms with Gasteiger partial charge in [-0.1, -0.05) is 12.1 Å². The SMILES string of the molecule is c1ccc(CNc2cccc(-n3ccnc3)c2)nc1. The summed E-state index contributed by atoms with van der Waals surface area (Å²) in [6.45, 7) is 0.716. The molecule has 0 aliphatic carbocycles. The van der Waals surface area contributed by atoms with Gasteiger partial charge in [-0.15, -0.1) is 0 Å². The minimum absolute atomic E-state index is 0.716. The number of rotatable bonds is 4. The van der Waals surface area contributed by atoms with Crippen LogP contribution in [0.3, 0.4) is 0 Å². The first-order valence-corrected chi connectivity index (χ1v) is 6.14. The third-order valence-corrected chi connectivity index (χ3v) is 2.85. The zero-order chi connectivity index (χ0) is 12.9. The smallest absolute Gasteiger partial charge is 0.0991 e. The van der Waals surface area contributed by atoms with Gasteiger partial charge < -0.3 is 9.88 Å². The Labute approximate surface area is 111 Å². The largest absolute Gasteiger partial charge is 0.379 e. The molecule has 0 aliphatic heterocycles. The molecular weight excluding hydrogens is 236 g/mol. The Morgan fingerprint density at radius 2 is 2.05 bits per heavy atom. The van der Waals surface area contributed by atoms with Crippen molar-refractivity contribution in [1.82, 2.24) is 14.5 Å². The molecule has 0 bridgehead atoms. The number of benzene rings is 1. The molecule has 0 spiro atoms. The van der Waals surface area contributed by atoms with Crippen molar-refractivity contribution in [2.75, 3.05) is 5.32 Å². The second-order valence-electron chi connectivity index (χ2n) is 4.19. The van der Waals surface area contributed by atoms with Crippen molar-refractivity contribution in [3.63, 3.8) is 0 Å². The molecule has 0 aliphatic rings. The highest BCUT2D eigenvalue weighted by Crippen LogP contribution is 2.14. The van der Waals surface area contributed by atoms with Crippen LogP contribution in [0, 0.1) is 0 Å². The van der Waals surface area contributed by atoms with Crippen LogP contribution >= 0.6 is 0 Å². The molecule has 0 amide bonds. The molecule has 2 aromatic heterocycles. The van der Waals surface area contributed by atoms with E-state index in [1.165, 1.54) is 0 Å². The summed E-state index contributed by atoms with van der Waals surface area (Å²) >= 11 is 0. The first kappa shape index (κ1) is 11.5. The number of nitrogens with one attached hydrogen (secondary N) is 1. The lowest BCUT2D eigenvalue weighted by molar-refractivity contribution is 1.03. The maximum absolute atomic E-state index is 4.29. The molecule has 3 aromatic rings. The van der Waals surface area contributed by atoms with Crippen molar-refractivity contribution in [2.24, 2.45) is 0 Å². The van der Waals surface area contributed by atoms with Gasteiger partial charge in [0.1, 0.15) is 0 Å². The highest BCUT2D eigenvalue weighted by atomic mass is 15.0. The summed E-state index contributed by atoms with van der Waals surface area (Å²) in [5.41, 5.74) is 3.18. The molecule has 0 saturated heterocycles. The number of hydrogen-bond donors (Lipinski definition) is 1. The van der Waals surface area contributed by atoms with E-state index in [1.807, 2.05) is 47.2 Å². The molecule has 2 heterocycles. The summed E-state index contributed by atoms with van der Waals surface area (Å²) in [6, 6.07) is 14.1. The van der Waals surface area contributed by atoms with Crippen molar-refractivity contribution in [1.29, 1.82) is 0 Å². The average Bonchev–Trinajstić information content (AvgIpc) is 3.01. The summed E-state index contributed by atoms with van der Waals surface area (Å²) in [5, 5.41) is 3.37. The standard InChI is InChI=1S/C15H14N4/c1-2-7-17-14(4-1)11-18-13-5-3-6-15(10-13)19-9-8-16-12-19/h1-10,12,18H,11H2. The third-order valence-electron chi connectivity index (χ3n) is 2.85. The lowest BCUT2D eigenvalue weighted by Gasteiger charge is -2.08. The molecule has 0 unspecified atom stereocenters. The fourth-order valence-corrected chi connectivity index (χ4v) is 1.88. The van der Waals surface area contributed by atoms with Gasteiger partial charge in [0.15, 0.2) is 0 Å². The zero-order valence-electron chi connectivity index (χ0n) is 10.4. The van der Waals surface area contributed by atoms with Crippen molar-refractivity contribution in [3.8, 4) is 5.69 Å². The number of pyridine rings is 1. The van der Waals surface area contributed by atoms with Crippen LogP contribution in [0.15, 0.2) is 67.4 Å². The van der Waals surface area contributed by atoms with Gasteiger partial charge in [-0.25, -0.2) is 4.98 Å². The van der Waals surface area contributed by atoms with Crippen molar-refractivity contribution in [3.05, 3.63) is 73.1 Å². The number of hydrogen-bond acceptors (Lipinski definition) is 3. The molecule has 0 fully saturated rings. The van der Waals surface area contributed by atoms with E-state index in [0.717, 1.165) is 17.1 Å². The summed E-state index contributed by atoms with van der Waals surface area (Å²) in [5.74, 6) is 0. The second-order valence-corrected chi connectivity index (χ2v) is 4.19. The van der Waals surface area contributed by atoms with Gasteiger partial charge in [0.2, 0.25) is 0 Å². The van der Waals surface area contributed by atoms with Gasteiger partial charge in [0.05, 0.1) is 18.6 Å². The average molecular weight is 250 g/mol. The van der Waals surface area contributed by atoms with Gasteiger partial charge >= 0.3 is 0 Å². The molecule has 0 atom stereocenters. The number of imidazole rings is 1. The van der Waals surface area contributed by atoms with Crippen LogP contribution < -0.4 is 5.32 Å². The first-order chi connectivity index (χ1) is 9.42. The van der Waals surface area contributed by atoms with Crippen LogP contribution in [-0.4, -0.2) is 14.5 Å². The normalized spacial score (nSPS) is 10.3. The van der Waals surface area contributed by atoms with Crippen LogP contribution in [0.1, 0.15) is 5.69 Å². The number of anilines is 1. The molecule has 0 saturated carbocycles. The quantitative estimate of drug-likeness (QED) is 0.774. The Balaban J connectivity index is 1.74. The summed E-state index contributed by atoms with van der Waals surface area (Å²) in [4.78, 5) is 8.34. The Morgan fingerprint density at radius 3 is 2.84 bits per heavy atom. The van der Waals surface area contributed by atoms with Crippen LogP contribution in [0.4, 0.5) is 5.69 Å². The Hall–Kier alpha value is -2.62. The van der Waals surface area contributed by atoms with E-state index < -0.39 is 0 Å². The van der Waals surface area contributed by atoms with Crippen molar-refractivity contribution < 1.29 is 0 Å². The van der Waals surface area contributed by atoms with Crippen molar-refractivity contribution in [2.45, 2.75) is 6.54 Å². The van der Waals surface area contributed by atoms with Crippen LogP contribution in [0.2, 0.25) is 0 Å². The van der Waals surface area contributed by atoms with E-state index >= 15 is 0 Å². The van der Waals surface area contributed by atoms with Crippen molar-refractivity contribution >= 4 is 5.69 Å².